The molecule has 3 heterocycles. The molecule has 0 atom stereocenters. The van der Waals surface area contributed by atoms with Crippen LogP contribution in [0.5, 0.6) is 0 Å². The van der Waals surface area contributed by atoms with Crippen LogP contribution in [-0.4, -0.2) is 58.3 Å². The molecule has 0 bridgehead atoms. The highest BCUT2D eigenvalue weighted by Gasteiger charge is 2.30. The van der Waals surface area contributed by atoms with Gasteiger partial charge in [-0.15, -0.1) is 0 Å². The minimum atomic E-state index is -3.66. The van der Waals surface area contributed by atoms with Gasteiger partial charge in [-0.25, -0.2) is 21.6 Å². The second kappa shape index (κ2) is 5.89. The molecule has 2 aliphatic rings. The molecule has 9 nitrogen and oxygen atoms in total. The van der Waals surface area contributed by atoms with Crippen molar-refractivity contribution in [2.45, 2.75) is 18.8 Å². The summed E-state index contributed by atoms with van der Waals surface area (Å²) in [6, 6.07) is 0. The molecule has 0 radical (unpaired) electrons. The van der Waals surface area contributed by atoms with Crippen molar-refractivity contribution in [3.05, 3.63) is 17.0 Å². The van der Waals surface area contributed by atoms with Crippen molar-refractivity contribution in [1.29, 1.82) is 0 Å². The zero-order valence-corrected chi connectivity index (χ0v) is 13.5. The maximum absolute atomic E-state index is 12.5. The van der Waals surface area contributed by atoms with Gasteiger partial charge in [0.2, 0.25) is 20.0 Å². The Labute approximate surface area is 128 Å². The first-order valence-corrected chi connectivity index (χ1v) is 10.1. The maximum Gasteiger partial charge on any atom is 0.220 e. The van der Waals surface area contributed by atoms with Gasteiger partial charge in [-0.2, -0.15) is 4.31 Å². The molecule has 11 heteroatoms. The number of nitrogens with zero attached hydrogens (tertiary/aromatic N) is 2. The van der Waals surface area contributed by atoms with Crippen LogP contribution in [0.25, 0.3) is 0 Å². The lowest BCUT2D eigenvalue weighted by atomic mass is 10.1. The Morgan fingerprint density at radius 1 is 1.32 bits per heavy atom. The fraction of sp³-hybridized carbons (Fsp3) is 0.727. The van der Waals surface area contributed by atoms with Gasteiger partial charge in [-0.3, -0.25) is 0 Å². The molecular weight excluding hydrogens is 334 g/mol. The van der Waals surface area contributed by atoms with Crippen molar-refractivity contribution in [2.75, 3.05) is 32.0 Å². The fourth-order valence-corrected chi connectivity index (χ4v) is 5.09. The molecule has 0 saturated carbocycles. The largest absolute Gasteiger partial charge is 0.376 e. The van der Waals surface area contributed by atoms with Crippen LogP contribution in [0.4, 0.5) is 0 Å². The summed E-state index contributed by atoms with van der Waals surface area (Å²) in [6.45, 7) is 0.942. The maximum atomic E-state index is 12.5. The van der Waals surface area contributed by atoms with Crippen molar-refractivity contribution >= 4 is 20.0 Å². The van der Waals surface area contributed by atoms with Gasteiger partial charge in [-0.1, -0.05) is 5.16 Å². The predicted octanol–water partition coefficient (Wildman–Crippen LogP) is -1.19. The molecular formula is C11H17N3O6S2. The van der Waals surface area contributed by atoms with Crippen LogP contribution >= 0.6 is 0 Å². The average molecular weight is 351 g/mol. The van der Waals surface area contributed by atoms with Crippen LogP contribution < -0.4 is 4.72 Å². The summed E-state index contributed by atoms with van der Waals surface area (Å²) in [5.74, 6) is 0.109. The molecule has 2 aliphatic heterocycles. The normalized spacial score (nSPS) is 22.9. The molecule has 0 aliphatic carbocycles. The number of nitrogens with one attached hydrogen (secondary N) is 1. The predicted molar refractivity (Wildman–Crippen MR) is 75.8 cm³/mol. The van der Waals surface area contributed by atoms with Gasteiger partial charge in [0.15, 0.2) is 0 Å². The van der Waals surface area contributed by atoms with Gasteiger partial charge < -0.3 is 9.26 Å². The first-order chi connectivity index (χ1) is 10.4. The first-order valence-electron chi connectivity index (χ1n) is 6.87. The van der Waals surface area contributed by atoms with Crippen molar-refractivity contribution in [2.24, 2.45) is 0 Å². The number of aromatic nitrogens is 1. The van der Waals surface area contributed by atoms with Crippen LogP contribution in [0.3, 0.4) is 0 Å². The third kappa shape index (κ3) is 3.33. The Bertz CT molecular complexity index is 755. The van der Waals surface area contributed by atoms with Crippen molar-refractivity contribution < 1.29 is 26.1 Å². The standard InChI is InChI=1S/C11H17N3O6S2/c15-21(16)6-4-14(3-2-12-21)22(17,18)8-10-9-7-19-5-1-11(9)20-13-10/h12H,1-8H2. The second-order valence-corrected chi connectivity index (χ2v) is 9.10. The molecule has 1 fully saturated rings. The molecule has 3 rings (SSSR count). The van der Waals surface area contributed by atoms with E-state index in [0.717, 1.165) is 0 Å². The summed E-state index contributed by atoms with van der Waals surface area (Å²) >= 11 is 0. The van der Waals surface area contributed by atoms with E-state index in [0.29, 0.717) is 36.7 Å². The van der Waals surface area contributed by atoms with Gasteiger partial charge in [0.05, 0.1) is 19.0 Å². The topological polar surface area (TPSA) is 119 Å². The van der Waals surface area contributed by atoms with Crippen molar-refractivity contribution in [3.63, 3.8) is 0 Å². The van der Waals surface area contributed by atoms with E-state index in [1.54, 1.807) is 0 Å². The minimum Gasteiger partial charge on any atom is -0.376 e. The van der Waals surface area contributed by atoms with Crippen LogP contribution in [0.1, 0.15) is 17.0 Å². The van der Waals surface area contributed by atoms with E-state index in [2.05, 4.69) is 9.88 Å². The minimum absolute atomic E-state index is 0.0613. The van der Waals surface area contributed by atoms with E-state index in [4.69, 9.17) is 9.26 Å². The number of fused-ring (bicyclic) bond motifs is 1. The molecule has 124 valence electrons. The van der Waals surface area contributed by atoms with Crippen molar-refractivity contribution in [3.8, 4) is 0 Å². The summed E-state index contributed by atoms with van der Waals surface area (Å²) in [7, 11) is -7.06. The quantitative estimate of drug-likeness (QED) is 0.727. The van der Waals surface area contributed by atoms with Crippen LogP contribution in [0, 0.1) is 0 Å². The Kier molecular flexibility index (Phi) is 4.25. The third-order valence-corrected chi connectivity index (χ3v) is 6.83. The van der Waals surface area contributed by atoms with E-state index in [-0.39, 0.29) is 31.1 Å². The van der Waals surface area contributed by atoms with Gasteiger partial charge in [0, 0.05) is 31.6 Å². The Morgan fingerprint density at radius 2 is 2.14 bits per heavy atom. The highest BCUT2D eigenvalue weighted by molar-refractivity contribution is 7.90. The summed E-state index contributed by atoms with van der Waals surface area (Å²) < 4.78 is 61.9. The summed E-state index contributed by atoms with van der Waals surface area (Å²) in [5.41, 5.74) is 1.03. The lowest BCUT2D eigenvalue weighted by Crippen LogP contribution is -2.36. The Balaban J connectivity index is 1.77. The SMILES string of the molecule is O=S1(=O)CCN(S(=O)(=O)Cc2noc3c2COCC3)CCN1. The molecule has 0 unspecified atom stereocenters. The smallest absolute Gasteiger partial charge is 0.220 e. The zero-order valence-electron chi connectivity index (χ0n) is 11.8. The van der Waals surface area contributed by atoms with E-state index in [1.807, 2.05) is 0 Å². The number of sulfonamides is 2. The van der Waals surface area contributed by atoms with E-state index in [9.17, 15) is 16.8 Å². The summed E-state index contributed by atoms with van der Waals surface area (Å²) in [4.78, 5) is 0. The first kappa shape index (κ1) is 15.9. The Morgan fingerprint density at radius 3 is 2.95 bits per heavy atom. The monoisotopic (exact) mass is 351 g/mol. The third-order valence-electron chi connectivity index (χ3n) is 3.68. The second-order valence-electron chi connectivity index (χ2n) is 5.20. The van der Waals surface area contributed by atoms with Gasteiger partial charge in [-0.05, 0) is 0 Å². The molecule has 0 aromatic carbocycles. The van der Waals surface area contributed by atoms with Gasteiger partial charge >= 0.3 is 0 Å². The van der Waals surface area contributed by atoms with Gasteiger partial charge in [0.1, 0.15) is 17.2 Å². The number of rotatable bonds is 3. The molecule has 1 saturated heterocycles. The lowest BCUT2D eigenvalue weighted by Gasteiger charge is -2.18. The molecule has 1 aromatic heterocycles. The number of hydrogen-bond donors (Lipinski definition) is 1. The molecule has 0 amide bonds. The zero-order chi connectivity index (χ0) is 15.8. The average Bonchev–Trinajstić information content (AvgIpc) is 2.74. The summed E-state index contributed by atoms with van der Waals surface area (Å²) in [5, 5.41) is 3.84. The van der Waals surface area contributed by atoms with E-state index in [1.165, 1.54) is 4.31 Å². The number of ether oxygens (including phenoxy) is 1. The summed E-state index contributed by atoms with van der Waals surface area (Å²) in [6.07, 6.45) is 0.578. The number of hydrogen-bond acceptors (Lipinski definition) is 7. The highest BCUT2D eigenvalue weighted by atomic mass is 32.2. The van der Waals surface area contributed by atoms with Crippen LogP contribution in [0.15, 0.2) is 4.52 Å². The van der Waals surface area contributed by atoms with E-state index >= 15 is 0 Å². The van der Waals surface area contributed by atoms with E-state index < -0.39 is 20.0 Å². The molecule has 1 N–H and O–H groups in total. The van der Waals surface area contributed by atoms with Crippen LogP contribution in [0.2, 0.25) is 0 Å². The lowest BCUT2D eigenvalue weighted by molar-refractivity contribution is 0.102. The molecule has 0 spiro atoms. The molecule has 22 heavy (non-hydrogen) atoms. The highest BCUT2D eigenvalue weighted by Crippen LogP contribution is 2.23. The van der Waals surface area contributed by atoms with Crippen LogP contribution in [-0.2, 0) is 43.6 Å². The van der Waals surface area contributed by atoms with Crippen molar-refractivity contribution in [1.82, 2.24) is 14.2 Å². The molecule has 1 aromatic rings. The fourth-order valence-electron chi connectivity index (χ4n) is 2.47. The van der Waals surface area contributed by atoms with Gasteiger partial charge in [0.25, 0.3) is 0 Å². The Hall–Kier alpha value is -1.01.